The first-order valence-electron chi connectivity index (χ1n) is 8.62. The molecule has 0 amide bonds. The van der Waals surface area contributed by atoms with Gasteiger partial charge in [0, 0.05) is 45.9 Å². The minimum absolute atomic E-state index is 0.0962. The van der Waals surface area contributed by atoms with E-state index in [0.29, 0.717) is 25.7 Å². The topological polar surface area (TPSA) is 50.6 Å². The van der Waals surface area contributed by atoms with Crippen molar-refractivity contribution in [2.45, 2.75) is 36.5 Å². The smallest absolute Gasteiger partial charge is 0.383 e. The molecular formula is C16H25F3N4O2S. The standard InChI is InChI=1S/C16H25F3N4O2S/c1-21(6-7-25-3)12-4-5-15(9-12)10-23(11-15)26(24)14-8-13(16(17,18)19)20-22(14)2/h8,12H,4-7,9-11H2,1-3H3. The Hall–Kier alpha value is -0.970. The van der Waals surface area contributed by atoms with Crippen LogP contribution in [0.3, 0.4) is 0 Å². The molecule has 148 valence electrons. The highest BCUT2D eigenvalue weighted by Crippen LogP contribution is 2.48. The number of aryl methyl sites for hydroxylation is 1. The van der Waals surface area contributed by atoms with Gasteiger partial charge in [0.1, 0.15) is 16.0 Å². The molecule has 2 heterocycles. The maximum absolute atomic E-state index is 12.8. The van der Waals surface area contributed by atoms with Gasteiger partial charge in [-0.25, -0.2) is 8.51 Å². The monoisotopic (exact) mass is 394 g/mol. The summed E-state index contributed by atoms with van der Waals surface area (Å²) >= 11 is 0. The average Bonchev–Trinajstić information content (AvgIpc) is 3.14. The highest BCUT2D eigenvalue weighted by atomic mass is 32.2. The third-order valence-electron chi connectivity index (χ3n) is 5.51. The summed E-state index contributed by atoms with van der Waals surface area (Å²) in [6.45, 7) is 2.88. The van der Waals surface area contributed by atoms with Gasteiger partial charge in [-0.1, -0.05) is 0 Å². The molecule has 6 nitrogen and oxygen atoms in total. The molecular weight excluding hydrogens is 369 g/mol. The second kappa shape index (κ2) is 7.21. The lowest BCUT2D eigenvalue weighted by Crippen LogP contribution is -2.56. The Morgan fingerprint density at radius 2 is 2.15 bits per heavy atom. The number of hydrogen-bond donors (Lipinski definition) is 0. The van der Waals surface area contributed by atoms with Crippen LogP contribution in [0.5, 0.6) is 0 Å². The van der Waals surface area contributed by atoms with E-state index in [1.807, 2.05) is 0 Å². The van der Waals surface area contributed by atoms with Crippen LogP contribution in [0.25, 0.3) is 0 Å². The number of alkyl halides is 3. The third-order valence-corrected chi connectivity index (χ3v) is 6.98. The fraction of sp³-hybridized carbons (Fsp3) is 0.812. The summed E-state index contributed by atoms with van der Waals surface area (Å²) in [5.41, 5.74) is -0.869. The third kappa shape index (κ3) is 3.83. The molecule has 1 aromatic heterocycles. The average molecular weight is 394 g/mol. The van der Waals surface area contributed by atoms with Crippen molar-refractivity contribution >= 4 is 11.0 Å². The van der Waals surface area contributed by atoms with Gasteiger partial charge < -0.3 is 9.64 Å². The Labute approximate surface area is 153 Å². The predicted octanol–water partition coefficient (Wildman–Crippen LogP) is 1.89. The summed E-state index contributed by atoms with van der Waals surface area (Å²) in [6, 6.07) is 1.37. The number of likely N-dealkylation sites (N-methyl/N-ethyl adjacent to an activating group) is 1. The normalized spacial score (nSPS) is 24.3. The van der Waals surface area contributed by atoms with E-state index >= 15 is 0 Å². The molecule has 0 radical (unpaired) electrons. The van der Waals surface area contributed by atoms with Gasteiger partial charge in [-0.05, 0) is 31.7 Å². The van der Waals surface area contributed by atoms with E-state index in [0.717, 1.165) is 36.6 Å². The number of nitrogens with zero attached hydrogens (tertiary/aromatic N) is 4. The van der Waals surface area contributed by atoms with E-state index in [9.17, 15) is 17.4 Å². The lowest BCUT2D eigenvalue weighted by Gasteiger charge is -2.47. The number of rotatable bonds is 6. The Morgan fingerprint density at radius 3 is 2.73 bits per heavy atom. The lowest BCUT2D eigenvalue weighted by molar-refractivity contribution is -0.141. The quantitative estimate of drug-likeness (QED) is 0.740. The van der Waals surface area contributed by atoms with Gasteiger partial charge in [0.25, 0.3) is 0 Å². The number of ether oxygens (including phenoxy) is 1. The van der Waals surface area contributed by atoms with Crippen molar-refractivity contribution < 1.29 is 22.1 Å². The fourth-order valence-electron chi connectivity index (χ4n) is 3.96. The van der Waals surface area contributed by atoms with E-state index in [1.165, 1.54) is 7.05 Å². The summed E-state index contributed by atoms with van der Waals surface area (Å²) in [5, 5.41) is 3.55. The van der Waals surface area contributed by atoms with Crippen LogP contribution in [0.1, 0.15) is 25.0 Å². The second-order valence-electron chi connectivity index (χ2n) is 7.41. The van der Waals surface area contributed by atoms with E-state index in [-0.39, 0.29) is 10.4 Å². The van der Waals surface area contributed by atoms with E-state index in [2.05, 4.69) is 17.0 Å². The summed E-state index contributed by atoms with van der Waals surface area (Å²) in [6.07, 6.45) is -1.35. The highest BCUT2D eigenvalue weighted by Gasteiger charge is 2.51. The Kier molecular flexibility index (Phi) is 5.49. The molecule has 1 spiro atoms. The SMILES string of the molecule is COCCN(C)C1CCC2(C1)CN(S(=O)c1cc(C(F)(F)F)nn1C)C2. The summed E-state index contributed by atoms with van der Waals surface area (Å²) in [4.78, 5) is 2.30. The van der Waals surface area contributed by atoms with Crippen LogP contribution in [-0.2, 0) is 28.9 Å². The minimum atomic E-state index is -4.53. The van der Waals surface area contributed by atoms with Gasteiger partial charge in [-0.15, -0.1) is 0 Å². The molecule has 1 aliphatic carbocycles. The van der Waals surface area contributed by atoms with E-state index in [1.54, 1.807) is 11.4 Å². The fourth-order valence-corrected chi connectivity index (χ4v) is 5.49. The molecule has 3 rings (SSSR count). The molecule has 0 aromatic carbocycles. The van der Waals surface area contributed by atoms with Crippen molar-refractivity contribution in [3.8, 4) is 0 Å². The first-order chi connectivity index (χ1) is 12.1. The molecule has 26 heavy (non-hydrogen) atoms. The van der Waals surface area contributed by atoms with Gasteiger partial charge >= 0.3 is 6.18 Å². The van der Waals surface area contributed by atoms with Gasteiger partial charge in [-0.3, -0.25) is 4.68 Å². The Balaban J connectivity index is 1.58. The van der Waals surface area contributed by atoms with Crippen molar-refractivity contribution in [3.63, 3.8) is 0 Å². The maximum Gasteiger partial charge on any atom is 0.435 e. The van der Waals surface area contributed by atoms with Crippen LogP contribution in [0.15, 0.2) is 11.1 Å². The van der Waals surface area contributed by atoms with Crippen molar-refractivity contribution in [2.75, 3.05) is 40.4 Å². The first-order valence-corrected chi connectivity index (χ1v) is 9.73. The molecule has 2 unspecified atom stereocenters. The van der Waals surface area contributed by atoms with Crippen molar-refractivity contribution in [1.29, 1.82) is 0 Å². The second-order valence-corrected chi connectivity index (χ2v) is 8.84. The van der Waals surface area contributed by atoms with Crippen LogP contribution in [0, 0.1) is 5.41 Å². The predicted molar refractivity (Wildman–Crippen MR) is 90.8 cm³/mol. The molecule has 1 saturated carbocycles. The summed E-state index contributed by atoms with van der Waals surface area (Å²) in [5.74, 6) is 0. The van der Waals surface area contributed by atoms with Gasteiger partial charge in [-0.2, -0.15) is 18.3 Å². The highest BCUT2D eigenvalue weighted by molar-refractivity contribution is 7.82. The van der Waals surface area contributed by atoms with Crippen LogP contribution < -0.4 is 0 Å². The van der Waals surface area contributed by atoms with Crippen LogP contribution >= 0.6 is 0 Å². The zero-order valence-corrected chi connectivity index (χ0v) is 16.1. The Bertz CT molecular complexity index is 673. The number of methoxy groups -OCH3 is 1. The van der Waals surface area contributed by atoms with Crippen LogP contribution in [0.2, 0.25) is 0 Å². The molecule has 2 aliphatic rings. The minimum Gasteiger partial charge on any atom is -0.383 e. The molecule has 2 atom stereocenters. The van der Waals surface area contributed by atoms with Crippen molar-refractivity contribution in [2.24, 2.45) is 12.5 Å². The summed E-state index contributed by atoms with van der Waals surface area (Å²) < 4.78 is 59.0. The van der Waals surface area contributed by atoms with Crippen molar-refractivity contribution in [1.82, 2.24) is 19.0 Å². The zero-order valence-electron chi connectivity index (χ0n) is 15.3. The van der Waals surface area contributed by atoms with Crippen molar-refractivity contribution in [3.05, 3.63) is 11.8 Å². The van der Waals surface area contributed by atoms with Crippen LogP contribution in [0.4, 0.5) is 13.2 Å². The van der Waals surface area contributed by atoms with E-state index < -0.39 is 22.9 Å². The Morgan fingerprint density at radius 1 is 1.46 bits per heavy atom. The maximum atomic E-state index is 12.8. The zero-order chi connectivity index (χ0) is 19.1. The summed E-state index contributed by atoms with van der Waals surface area (Å²) in [7, 11) is 3.56. The molecule has 2 fully saturated rings. The molecule has 0 bridgehead atoms. The molecule has 1 aromatic rings. The van der Waals surface area contributed by atoms with Gasteiger partial charge in [0.15, 0.2) is 5.69 Å². The molecule has 1 aliphatic heterocycles. The molecule has 0 N–H and O–H groups in total. The number of halogens is 3. The first kappa shape index (κ1) is 19.8. The molecule has 10 heteroatoms. The van der Waals surface area contributed by atoms with E-state index in [4.69, 9.17) is 4.74 Å². The number of hydrogen-bond acceptors (Lipinski definition) is 4. The van der Waals surface area contributed by atoms with Gasteiger partial charge in [0.05, 0.1) is 6.61 Å². The largest absolute Gasteiger partial charge is 0.435 e. The lowest BCUT2D eigenvalue weighted by atomic mass is 9.80. The van der Waals surface area contributed by atoms with Gasteiger partial charge in [0.2, 0.25) is 0 Å². The molecule has 1 saturated heterocycles. The van der Waals surface area contributed by atoms with Crippen LogP contribution in [-0.4, -0.2) is 69.6 Å². The number of aromatic nitrogens is 2.